The fourth-order valence-corrected chi connectivity index (χ4v) is 2.12. The van der Waals surface area contributed by atoms with Crippen LogP contribution in [0, 0.1) is 5.92 Å². The average molecular weight is 236 g/mol. The molecule has 2 rings (SSSR count). The second-order valence-corrected chi connectivity index (χ2v) is 4.38. The van der Waals surface area contributed by atoms with Crippen molar-refractivity contribution < 1.29 is 9.90 Å². The summed E-state index contributed by atoms with van der Waals surface area (Å²) in [5.41, 5.74) is 0.275. The molecule has 5 heteroatoms. The maximum atomic E-state index is 12.1. The van der Waals surface area contributed by atoms with E-state index >= 15 is 0 Å². The van der Waals surface area contributed by atoms with E-state index in [2.05, 4.69) is 4.98 Å². The molecule has 1 saturated heterocycles. The lowest BCUT2D eigenvalue weighted by Crippen LogP contribution is -2.41. The quantitative estimate of drug-likeness (QED) is 0.771. The largest absolute Gasteiger partial charge is 0.396 e. The maximum absolute atomic E-state index is 12.1. The molecule has 0 spiro atoms. The summed E-state index contributed by atoms with van der Waals surface area (Å²) in [4.78, 5) is 27.2. The number of H-pyrrole nitrogens is 1. The van der Waals surface area contributed by atoms with Gasteiger partial charge in [0.2, 0.25) is 5.56 Å². The first-order valence-electron chi connectivity index (χ1n) is 5.79. The predicted octanol–water partition coefficient (Wildman–Crippen LogP) is 0.219. The van der Waals surface area contributed by atoms with Crippen LogP contribution in [0.25, 0.3) is 0 Å². The SMILES string of the molecule is O=C(c1ccc(=O)[nH]c1)N1CCC[C@@H](CO)C1. The minimum absolute atomic E-state index is 0.0839. The number of carbonyl (C=O) groups is 1. The third-order valence-corrected chi connectivity index (χ3v) is 3.10. The van der Waals surface area contributed by atoms with E-state index in [0.29, 0.717) is 18.7 Å². The van der Waals surface area contributed by atoms with Gasteiger partial charge in [0.15, 0.2) is 0 Å². The third-order valence-electron chi connectivity index (χ3n) is 3.10. The first kappa shape index (κ1) is 11.9. The van der Waals surface area contributed by atoms with Crippen molar-refractivity contribution in [2.45, 2.75) is 12.8 Å². The number of aromatic amines is 1. The number of pyridine rings is 1. The van der Waals surface area contributed by atoms with Crippen molar-refractivity contribution in [1.82, 2.24) is 9.88 Å². The van der Waals surface area contributed by atoms with Crippen molar-refractivity contribution in [1.29, 1.82) is 0 Å². The molecule has 1 atom stereocenters. The van der Waals surface area contributed by atoms with E-state index in [-0.39, 0.29) is 24.0 Å². The molecule has 1 aromatic rings. The average Bonchev–Trinajstić information content (AvgIpc) is 2.39. The molecule has 0 aliphatic carbocycles. The molecule has 2 N–H and O–H groups in total. The second-order valence-electron chi connectivity index (χ2n) is 4.38. The van der Waals surface area contributed by atoms with Crippen molar-refractivity contribution in [3.63, 3.8) is 0 Å². The molecule has 5 nitrogen and oxygen atoms in total. The highest BCUT2D eigenvalue weighted by atomic mass is 16.3. The summed E-state index contributed by atoms with van der Waals surface area (Å²) in [6, 6.07) is 2.88. The zero-order chi connectivity index (χ0) is 12.3. The molecule has 0 radical (unpaired) electrons. The Morgan fingerprint density at radius 1 is 1.53 bits per heavy atom. The Bertz CT molecular complexity index is 435. The maximum Gasteiger partial charge on any atom is 0.255 e. The van der Waals surface area contributed by atoms with Crippen LogP contribution in [0.1, 0.15) is 23.2 Å². The molecule has 2 heterocycles. The van der Waals surface area contributed by atoms with Gasteiger partial charge in [-0.15, -0.1) is 0 Å². The summed E-state index contributed by atoms with van der Waals surface area (Å²) in [5.74, 6) is 0.0925. The third kappa shape index (κ3) is 2.74. The number of piperidine rings is 1. The normalized spacial score (nSPS) is 20.3. The van der Waals surface area contributed by atoms with E-state index in [1.807, 2.05) is 0 Å². The summed E-state index contributed by atoms with van der Waals surface area (Å²) >= 11 is 0. The highest BCUT2D eigenvalue weighted by Crippen LogP contribution is 2.17. The number of likely N-dealkylation sites (tertiary alicyclic amines) is 1. The van der Waals surface area contributed by atoms with Gasteiger partial charge in [-0.25, -0.2) is 0 Å². The molecule has 92 valence electrons. The van der Waals surface area contributed by atoms with Crippen LogP contribution in [0.5, 0.6) is 0 Å². The fourth-order valence-electron chi connectivity index (χ4n) is 2.12. The minimum Gasteiger partial charge on any atom is -0.396 e. The summed E-state index contributed by atoms with van der Waals surface area (Å²) in [5, 5.41) is 9.11. The van der Waals surface area contributed by atoms with Crippen molar-refractivity contribution >= 4 is 5.91 Å². The van der Waals surface area contributed by atoms with Crippen LogP contribution in [0.2, 0.25) is 0 Å². The van der Waals surface area contributed by atoms with E-state index < -0.39 is 0 Å². The Kier molecular flexibility index (Phi) is 3.58. The van der Waals surface area contributed by atoms with Crippen LogP contribution < -0.4 is 5.56 Å². The summed E-state index contributed by atoms with van der Waals surface area (Å²) in [6.07, 6.45) is 3.32. The Labute approximate surface area is 99.1 Å². The Hall–Kier alpha value is -1.62. The van der Waals surface area contributed by atoms with Crippen LogP contribution in [0.15, 0.2) is 23.1 Å². The van der Waals surface area contributed by atoms with Crippen molar-refractivity contribution in [3.8, 4) is 0 Å². The number of amides is 1. The molecule has 1 aliphatic heterocycles. The number of nitrogens with zero attached hydrogens (tertiary/aromatic N) is 1. The molecule has 1 aromatic heterocycles. The molecule has 0 bridgehead atoms. The lowest BCUT2D eigenvalue weighted by atomic mass is 9.98. The van der Waals surface area contributed by atoms with Crippen molar-refractivity contribution in [3.05, 3.63) is 34.2 Å². The minimum atomic E-state index is -0.214. The van der Waals surface area contributed by atoms with Gasteiger partial charge in [0.25, 0.3) is 5.91 Å². The molecule has 17 heavy (non-hydrogen) atoms. The number of hydrogen-bond acceptors (Lipinski definition) is 3. The van der Waals surface area contributed by atoms with Gasteiger partial charge in [-0.2, -0.15) is 0 Å². The number of aliphatic hydroxyl groups is 1. The Balaban J connectivity index is 2.09. The molecular formula is C12H16N2O3. The lowest BCUT2D eigenvalue weighted by molar-refractivity contribution is 0.0620. The topological polar surface area (TPSA) is 73.4 Å². The van der Waals surface area contributed by atoms with E-state index in [4.69, 9.17) is 5.11 Å². The number of aliphatic hydroxyl groups excluding tert-OH is 1. The van der Waals surface area contributed by atoms with Crippen molar-refractivity contribution in [2.24, 2.45) is 5.92 Å². The smallest absolute Gasteiger partial charge is 0.255 e. The van der Waals surface area contributed by atoms with Gasteiger partial charge in [0, 0.05) is 32.0 Å². The zero-order valence-corrected chi connectivity index (χ0v) is 9.56. The van der Waals surface area contributed by atoms with Crippen LogP contribution in [-0.4, -0.2) is 40.6 Å². The highest BCUT2D eigenvalue weighted by Gasteiger charge is 2.23. The standard InChI is InChI=1S/C12H16N2O3/c15-8-9-2-1-5-14(7-9)12(17)10-3-4-11(16)13-6-10/h3-4,6,9,15H,1-2,5,7-8H2,(H,13,16)/t9-/m1/s1. The Morgan fingerprint density at radius 3 is 3.00 bits per heavy atom. The number of hydrogen-bond donors (Lipinski definition) is 2. The number of aromatic nitrogens is 1. The van der Waals surface area contributed by atoms with Gasteiger partial charge in [0.1, 0.15) is 0 Å². The molecule has 0 unspecified atom stereocenters. The summed E-state index contributed by atoms with van der Waals surface area (Å²) < 4.78 is 0. The molecule has 0 saturated carbocycles. The lowest BCUT2D eigenvalue weighted by Gasteiger charge is -2.31. The molecule has 1 aliphatic rings. The zero-order valence-electron chi connectivity index (χ0n) is 9.56. The van der Waals surface area contributed by atoms with Gasteiger partial charge >= 0.3 is 0 Å². The first-order valence-corrected chi connectivity index (χ1v) is 5.79. The van der Waals surface area contributed by atoms with Gasteiger partial charge in [-0.05, 0) is 24.8 Å². The van der Waals surface area contributed by atoms with Crippen LogP contribution in [0.4, 0.5) is 0 Å². The van der Waals surface area contributed by atoms with Gasteiger partial charge in [-0.1, -0.05) is 0 Å². The molecule has 1 fully saturated rings. The summed E-state index contributed by atoms with van der Waals surface area (Å²) in [7, 11) is 0. The summed E-state index contributed by atoms with van der Waals surface area (Å²) in [6.45, 7) is 1.43. The Morgan fingerprint density at radius 2 is 2.35 bits per heavy atom. The van der Waals surface area contributed by atoms with Crippen LogP contribution >= 0.6 is 0 Å². The van der Waals surface area contributed by atoms with Gasteiger partial charge in [-0.3, -0.25) is 9.59 Å². The number of nitrogens with one attached hydrogen (secondary N) is 1. The first-order chi connectivity index (χ1) is 8.20. The number of carbonyl (C=O) groups excluding carboxylic acids is 1. The van der Waals surface area contributed by atoms with E-state index in [0.717, 1.165) is 12.8 Å². The molecule has 1 amide bonds. The molecule has 0 aromatic carbocycles. The van der Waals surface area contributed by atoms with E-state index in [1.165, 1.54) is 18.3 Å². The highest BCUT2D eigenvalue weighted by molar-refractivity contribution is 5.93. The second kappa shape index (κ2) is 5.14. The van der Waals surface area contributed by atoms with E-state index in [9.17, 15) is 9.59 Å². The van der Waals surface area contributed by atoms with Gasteiger partial charge in [0.05, 0.1) is 5.56 Å². The number of rotatable bonds is 2. The van der Waals surface area contributed by atoms with E-state index in [1.54, 1.807) is 4.90 Å². The molecular weight excluding hydrogens is 220 g/mol. The fraction of sp³-hybridized carbons (Fsp3) is 0.500. The van der Waals surface area contributed by atoms with Crippen LogP contribution in [-0.2, 0) is 0 Å². The van der Waals surface area contributed by atoms with Gasteiger partial charge < -0.3 is 15.0 Å². The predicted molar refractivity (Wildman–Crippen MR) is 62.8 cm³/mol. The monoisotopic (exact) mass is 236 g/mol. The van der Waals surface area contributed by atoms with Crippen LogP contribution in [0.3, 0.4) is 0 Å². The van der Waals surface area contributed by atoms with Crippen molar-refractivity contribution in [2.75, 3.05) is 19.7 Å².